The van der Waals surface area contributed by atoms with E-state index in [9.17, 15) is 9.90 Å². The van der Waals surface area contributed by atoms with Gasteiger partial charge in [-0.3, -0.25) is 0 Å². The number of thiophene rings is 1. The Morgan fingerprint density at radius 3 is 2.86 bits per heavy atom. The number of anilines is 1. The first-order valence-electron chi connectivity index (χ1n) is 6.61. The maximum Gasteiger partial charge on any atom is 0.319 e. The molecule has 0 aliphatic rings. The van der Waals surface area contributed by atoms with E-state index >= 15 is 0 Å². The van der Waals surface area contributed by atoms with Crippen LogP contribution in [0.3, 0.4) is 0 Å². The fourth-order valence-corrected chi connectivity index (χ4v) is 2.92. The van der Waals surface area contributed by atoms with E-state index in [-0.39, 0.29) is 6.03 Å². The van der Waals surface area contributed by atoms with Crippen molar-refractivity contribution in [2.45, 2.75) is 19.4 Å². The highest BCUT2D eigenvalue weighted by Crippen LogP contribution is 2.21. The molecule has 6 heteroatoms. The minimum absolute atomic E-state index is 0.264. The molecule has 0 spiro atoms. The molecule has 21 heavy (non-hydrogen) atoms. The number of carbonyl (C=O) groups is 1. The number of urea groups is 1. The van der Waals surface area contributed by atoms with Crippen molar-refractivity contribution in [2.24, 2.45) is 0 Å². The van der Waals surface area contributed by atoms with Gasteiger partial charge in [0.25, 0.3) is 0 Å². The van der Waals surface area contributed by atoms with Crippen LogP contribution in [-0.2, 0) is 6.42 Å². The van der Waals surface area contributed by atoms with E-state index in [2.05, 4.69) is 10.6 Å². The molecule has 0 bridgehead atoms. The van der Waals surface area contributed by atoms with Crippen LogP contribution in [0.5, 0.6) is 0 Å². The molecular weight excluding hydrogens is 308 g/mol. The lowest BCUT2D eigenvalue weighted by molar-refractivity contribution is 0.199. The van der Waals surface area contributed by atoms with Crippen molar-refractivity contribution < 1.29 is 9.90 Å². The van der Waals surface area contributed by atoms with Crippen molar-refractivity contribution in [3.05, 3.63) is 51.2 Å². The molecule has 1 unspecified atom stereocenters. The first-order valence-corrected chi connectivity index (χ1v) is 7.81. The van der Waals surface area contributed by atoms with Crippen LogP contribution in [-0.4, -0.2) is 17.7 Å². The SMILES string of the molecule is CC(O)c1cccc(NC(=O)NCCc2ccc(Cl)s2)c1. The normalized spacial score (nSPS) is 12.0. The first kappa shape index (κ1) is 15.8. The Hall–Kier alpha value is -1.56. The van der Waals surface area contributed by atoms with Gasteiger partial charge in [0.15, 0.2) is 0 Å². The lowest BCUT2D eigenvalue weighted by atomic mass is 10.1. The average Bonchev–Trinajstić information content (AvgIpc) is 2.84. The van der Waals surface area contributed by atoms with Gasteiger partial charge >= 0.3 is 6.03 Å². The van der Waals surface area contributed by atoms with Crippen LogP contribution in [0.2, 0.25) is 4.34 Å². The topological polar surface area (TPSA) is 61.4 Å². The summed E-state index contributed by atoms with van der Waals surface area (Å²) < 4.78 is 0.754. The van der Waals surface area contributed by atoms with E-state index in [1.54, 1.807) is 25.1 Å². The van der Waals surface area contributed by atoms with Crippen LogP contribution < -0.4 is 10.6 Å². The van der Waals surface area contributed by atoms with E-state index in [1.165, 1.54) is 11.3 Å². The van der Waals surface area contributed by atoms with E-state index in [4.69, 9.17) is 11.6 Å². The number of halogens is 1. The largest absolute Gasteiger partial charge is 0.389 e. The summed E-state index contributed by atoms with van der Waals surface area (Å²) in [7, 11) is 0. The summed E-state index contributed by atoms with van der Waals surface area (Å²) in [6, 6.07) is 10.7. The number of hydrogen-bond donors (Lipinski definition) is 3. The van der Waals surface area contributed by atoms with Crippen LogP contribution in [0.4, 0.5) is 10.5 Å². The van der Waals surface area contributed by atoms with Gasteiger partial charge in [-0.1, -0.05) is 23.7 Å². The zero-order valence-corrected chi connectivity index (χ0v) is 13.2. The monoisotopic (exact) mass is 324 g/mol. The molecule has 0 aliphatic heterocycles. The predicted octanol–water partition coefficient (Wildman–Crippen LogP) is 3.82. The molecule has 3 N–H and O–H groups in total. The fraction of sp³-hybridized carbons (Fsp3) is 0.267. The molecule has 0 saturated heterocycles. The Bertz CT molecular complexity index is 613. The summed E-state index contributed by atoms with van der Waals surface area (Å²) in [4.78, 5) is 12.9. The molecule has 1 atom stereocenters. The minimum atomic E-state index is -0.557. The molecule has 0 aliphatic carbocycles. The predicted molar refractivity (Wildman–Crippen MR) is 87.1 cm³/mol. The first-order chi connectivity index (χ1) is 10.0. The molecule has 0 radical (unpaired) electrons. The lowest BCUT2D eigenvalue weighted by Gasteiger charge is -2.10. The molecule has 2 amide bonds. The Labute approximate surface area is 132 Å². The maximum atomic E-state index is 11.8. The third kappa shape index (κ3) is 5.04. The molecular formula is C15H17ClN2O2S. The van der Waals surface area contributed by atoms with Gasteiger partial charge in [-0.25, -0.2) is 4.79 Å². The highest BCUT2D eigenvalue weighted by Gasteiger charge is 2.05. The molecule has 1 aromatic carbocycles. The molecule has 2 rings (SSSR count). The van der Waals surface area contributed by atoms with Gasteiger partial charge in [0.1, 0.15) is 0 Å². The number of nitrogens with one attached hydrogen (secondary N) is 2. The number of carbonyl (C=O) groups excluding carboxylic acids is 1. The average molecular weight is 325 g/mol. The standard InChI is InChI=1S/C15H17ClN2O2S/c1-10(19)11-3-2-4-12(9-11)18-15(20)17-8-7-13-5-6-14(16)21-13/h2-6,9-10,19H,7-8H2,1H3,(H2,17,18,20). The fourth-order valence-electron chi connectivity index (χ4n) is 1.84. The van der Waals surface area contributed by atoms with Crippen LogP contribution in [0, 0.1) is 0 Å². The molecule has 1 aromatic heterocycles. The zero-order valence-electron chi connectivity index (χ0n) is 11.6. The molecule has 2 aromatic rings. The Kier molecular flexibility index (Phi) is 5.61. The highest BCUT2D eigenvalue weighted by atomic mass is 35.5. The van der Waals surface area contributed by atoms with Crippen molar-refractivity contribution in [2.75, 3.05) is 11.9 Å². The number of aliphatic hydroxyl groups is 1. The van der Waals surface area contributed by atoms with Crippen molar-refractivity contribution in [3.8, 4) is 0 Å². The highest BCUT2D eigenvalue weighted by molar-refractivity contribution is 7.16. The quantitative estimate of drug-likeness (QED) is 0.783. The van der Waals surface area contributed by atoms with Crippen molar-refractivity contribution >= 4 is 34.7 Å². The van der Waals surface area contributed by atoms with Gasteiger partial charge in [0.05, 0.1) is 10.4 Å². The second kappa shape index (κ2) is 7.45. The molecule has 4 nitrogen and oxygen atoms in total. The minimum Gasteiger partial charge on any atom is -0.389 e. The van der Waals surface area contributed by atoms with Crippen LogP contribution >= 0.6 is 22.9 Å². The summed E-state index contributed by atoms with van der Waals surface area (Å²) in [6.07, 6.45) is 0.191. The lowest BCUT2D eigenvalue weighted by Crippen LogP contribution is -2.30. The van der Waals surface area contributed by atoms with Crippen molar-refractivity contribution in [1.29, 1.82) is 0 Å². The molecule has 0 fully saturated rings. The smallest absolute Gasteiger partial charge is 0.319 e. The van der Waals surface area contributed by atoms with Crippen LogP contribution in [0.15, 0.2) is 36.4 Å². The summed E-state index contributed by atoms with van der Waals surface area (Å²) in [5.74, 6) is 0. The third-order valence-electron chi connectivity index (χ3n) is 2.91. The Morgan fingerprint density at radius 2 is 2.19 bits per heavy atom. The van der Waals surface area contributed by atoms with Gasteiger partial charge in [-0.2, -0.15) is 0 Å². The van der Waals surface area contributed by atoms with Gasteiger partial charge < -0.3 is 15.7 Å². The summed E-state index contributed by atoms with van der Waals surface area (Å²) >= 11 is 7.36. The number of aliphatic hydroxyl groups excluding tert-OH is 1. The van der Waals surface area contributed by atoms with Gasteiger partial charge in [-0.05, 0) is 43.2 Å². The number of rotatable bonds is 5. The van der Waals surface area contributed by atoms with Crippen molar-refractivity contribution in [1.82, 2.24) is 5.32 Å². The van der Waals surface area contributed by atoms with Crippen molar-refractivity contribution in [3.63, 3.8) is 0 Å². The Morgan fingerprint density at radius 1 is 1.38 bits per heavy atom. The molecule has 0 saturated carbocycles. The summed E-state index contributed by atoms with van der Waals surface area (Å²) in [5.41, 5.74) is 1.42. The van der Waals surface area contributed by atoms with Gasteiger partial charge in [0, 0.05) is 17.1 Å². The Balaban J connectivity index is 1.80. The molecule has 1 heterocycles. The van der Waals surface area contributed by atoms with Gasteiger partial charge in [0.2, 0.25) is 0 Å². The maximum absolute atomic E-state index is 11.8. The number of amides is 2. The van der Waals surface area contributed by atoms with E-state index in [1.807, 2.05) is 18.2 Å². The van der Waals surface area contributed by atoms with Crippen LogP contribution in [0.1, 0.15) is 23.5 Å². The number of hydrogen-bond acceptors (Lipinski definition) is 3. The second-order valence-corrected chi connectivity index (χ2v) is 6.44. The molecule has 112 valence electrons. The van der Waals surface area contributed by atoms with E-state index in [0.717, 1.165) is 21.2 Å². The van der Waals surface area contributed by atoms with Gasteiger partial charge in [-0.15, -0.1) is 11.3 Å². The number of benzene rings is 1. The summed E-state index contributed by atoms with van der Waals surface area (Å²) in [6.45, 7) is 2.23. The zero-order chi connectivity index (χ0) is 15.2. The van der Waals surface area contributed by atoms with E-state index in [0.29, 0.717) is 12.2 Å². The third-order valence-corrected chi connectivity index (χ3v) is 4.20. The second-order valence-electron chi connectivity index (χ2n) is 4.64. The summed E-state index contributed by atoms with van der Waals surface area (Å²) in [5, 5.41) is 15.0. The van der Waals surface area contributed by atoms with E-state index < -0.39 is 6.10 Å². The van der Waals surface area contributed by atoms with Crippen LogP contribution in [0.25, 0.3) is 0 Å².